The summed E-state index contributed by atoms with van der Waals surface area (Å²) in [5, 5.41) is 1.12. The molecular weight excluding hydrogens is 248 g/mol. The van der Waals surface area contributed by atoms with Gasteiger partial charge in [-0.25, -0.2) is 9.97 Å². The first-order valence-corrected chi connectivity index (χ1v) is 6.99. The van der Waals surface area contributed by atoms with Crippen molar-refractivity contribution < 1.29 is 0 Å². The summed E-state index contributed by atoms with van der Waals surface area (Å²) in [6.07, 6.45) is 6.91. The highest BCUT2D eigenvalue weighted by molar-refractivity contribution is 5.91. The minimum Gasteiger partial charge on any atom is -0.346 e. The van der Waals surface area contributed by atoms with Crippen LogP contribution in [0.4, 0.5) is 0 Å². The molecule has 0 fully saturated rings. The molecule has 0 saturated heterocycles. The molecule has 104 valence electrons. The van der Waals surface area contributed by atoms with Gasteiger partial charge in [-0.1, -0.05) is 20.8 Å². The lowest BCUT2D eigenvalue weighted by Crippen LogP contribution is -2.20. The van der Waals surface area contributed by atoms with Crippen molar-refractivity contribution in [3.63, 3.8) is 0 Å². The Morgan fingerprint density at radius 3 is 2.85 bits per heavy atom. The molecule has 0 atom stereocenters. The number of aryl methyl sites for hydroxylation is 1. The predicted octanol–water partition coefficient (Wildman–Crippen LogP) is 3.65. The number of fused-ring (bicyclic) bond motifs is 1. The van der Waals surface area contributed by atoms with E-state index >= 15 is 0 Å². The molecule has 0 bridgehead atoms. The lowest BCUT2D eigenvalue weighted by Gasteiger charge is -2.21. The van der Waals surface area contributed by atoms with Crippen molar-refractivity contribution in [2.45, 2.75) is 32.6 Å². The van der Waals surface area contributed by atoms with Crippen molar-refractivity contribution in [3.05, 3.63) is 36.5 Å². The fraction of sp³-hybridized carbons (Fsp3) is 0.375. The smallest absolute Gasteiger partial charge is 0.137 e. The van der Waals surface area contributed by atoms with E-state index in [1.54, 1.807) is 0 Å². The first-order chi connectivity index (χ1) is 9.53. The maximum absolute atomic E-state index is 4.87. The molecule has 3 heterocycles. The van der Waals surface area contributed by atoms with Gasteiger partial charge in [-0.15, -0.1) is 0 Å². The number of nitrogens with one attached hydrogen (secondary N) is 1. The first kappa shape index (κ1) is 12.9. The number of imidazole rings is 1. The number of rotatable bonds is 3. The van der Waals surface area contributed by atoms with E-state index in [0.717, 1.165) is 34.5 Å². The van der Waals surface area contributed by atoms with Crippen molar-refractivity contribution in [2.75, 3.05) is 0 Å². The number of H-pyrrole nitrogens is 1. The summed E-state index contributed by atoms with van der Waals surface area (Å²) >= 11 is 0. The van der Waals surface area contributed by atoms with Gasteiger partial charge in [0.1, 0.15) is 11.5 Å². The normalized spacial score (nSPS) is 12.2. The van der Waals surface area contributed by atoms with Gasteiger partial charge in [0.15, 0.2) is 0 Å². The molecule has 1 N–H and O–H groups in total. The summed E-state index contributed by atoms with van der Waals surface area (Å²) < 4.78 is 2.14. The molecule has 0 unspecified atom stereocenters. The van der Waals surface area contributed by atoms with Gasteiger partial charge < -0.3 is 9.55 Å². The Hall–Kier alpha value is -2.10. The molecule has 0 aromatic carbocycles. The van der Waals surface area contributed by atoms with Crippen LogP contribution >= 0.6 is 0 Å². The highest BCUT2D eigenvalue weighted by Crippen LogP contribution is 2.31. The third kappa shape index (κ3) is 1.92. The maximum atomic E-state index is 4.87. The molecule has 0 aliphatic heterocycles. The van der Waals surface area contributed by atoms with Crippen LogP contribution in [-0.2, 0) is 12.5 Å². The van der Waals surface area contributed by atoms with E-state index in [1.807, 2.05) is 18.5 Å². The van der Waals surface area contributed by atoms with Crippen LogP contribution < -0.4 is 0 Å². The number of pyridine rings is 1. The lowest BCUT2D eigenvalue weighted by molar-refractivity contribution is 0.457. The summed E-state index contributed by atoms with van der Waals surface area (Å²) in [5.74, 6) is 1.12. The Kier molecular flexibility index (Phi) is 2.89. The minimum atomic E-state index is 0.0806. The van der Waals surface area contributed by atoms with Crippen LogP contribution in [-0.4, -0.2) is 19.5 Å². The number of hydrogen-bond acceptors (Lipinski definition) is 2. The molecule has 3 rings (SSSR count). The lowest BCUT2D eigenvalue weighted by atomic mass is 9.89. The van der Waals surface area contributed by atoms with Gasteiger partial charge in [0, 0.05) is 42.0 Å². The van der Waals surface area contributed by atoms with Gasteiger partial charge in [-0.05, 0) is 18.6 Å². The van der Waals surface area contributed by atoms with Gasteiger partial charge in [-0.2, -0.15) is 0 Å². The summed E-state index contributed by atoms with van der Waals surface area (Å²) in [6.45, 7) is 6.67. The third-order valence-corrected chi connectivity index (χ3v) is 4.10. The summed E-state index contributed by atoms with van der Waals surface area (Å²) in [4.78, 5) is 12.4. The highest BCUT2D eigenvalue weighted by atomic mass is 15.1. The van der Waals surface area contributed by atoms with Crippen LogP contribution in [0.2, 0.25) is 0 Å². The average molecular weight is 268 g/mol. The summed E-state index contributed by atoms with van der Waals surface area (Å²) in [5.41, 5.74) is 3.13. The van der Waals surface area contributed by atoms with E-state index in [4.69, 9.17) is 4.98 Å². The third-order valence-electron chi connectivity index (χ3n) is 4.10. The van der Waals surface area contributed by atoms with Crippen LogP contribution in [0.1, 0.15) is 33.0 Å². The Morgan fingerprint density at radius 2 is 2.10 bits per heavy atom. The molecule has 0 saturated carbocycles. The van der Waals surface area contributed by atoms with Gasteiger partial charge in [0.25, 0.3) is 0 Å². The van der Waals surface area contributed by atoms with Gasteiger partial charge in [-0.3, -0.25) is 0 Å². The van der Waals surface area contributed by atoms with Crippen molar-refractivity contribution in [1.29, 1.82) is 0 Å². The first-order valence-electron chi connectivity index (χ1n) is 6.99. The van der Waals surface area contributed by atoms with E-state index in [1.165, 1.54) is 0 Å². The van der Waals surface area contributed by atoms with Crippen molar-refractivity contribution in [2.24, 2.45) is 7.05 Å². The maximum Gasteiger partial charge on any atom is 0.137 e. The predicted molar refractivity (Wildman–Crippen MR) is 81.6 cm³/mol. The Bertz CT molecular complexity index is 749. The standard InChI is InChI=1S/C16H20N4/c1-5-16(2,3)15-19-13(10-20(15)4)11-6-8-17-14-12(11)7-9-18-14/h6-10H,5H2,1-4H3,(H,17,18). The van der Waals surface area contributed by atoms with Crippen molar-refractivity contribution >= 4 is 11.0 Å². The number of aromatic nitrogens is 4. The zero-order valence-electron chi connectivity index (χ0n) is 12.4. The van der Waals surface area contributed by atoms with Crippen molar-refractivity contribution in [3.8, 4) is 11.3 Å². The van der Waals surface area contributed by atoms with Gasteiger partial charge in [0.2, 0.25) is 0 Å². The molecule has 4 nitrogen and oxygen atoms in total. The molecule has 0 aliphatic carbocycles. The number of aromatic amines is 1. The summed E-state index contributed by atoms with van der Waals surface area (Å²) in [7, 11) is 2.07. The van der Waals surface area contributed by atoms with Crippen LogP contribution in [0.25, 0.3) is 22.3 Å². The van der Waals surface area contributed by atoms with Gasteiger partial charge in [0.05, 0.1) is 5.69 Å². The van der Waals surface area contributed by atoms with Crippen LogP contribution in [0.3, 0.4) is 0 Å². The number of nitrogens with zero attached hydrogens (tertiary/aromatic N) is 3. The monoisotopic (exact) mass is 268 g/mol. The Morgan fingerprint density at radius 1 is 1.30 bits per heavy atom. The van der Waals surface area contributed by atoms with E-state index in [9.17, 15) is 0 Å². The molecular formula is C16H20N4. The largest absolute Gasteiger partial charge is 0.346 e. The molecule has 4 heteroatoms. The zero-order chi connectivity index (χ0) is 14.3. The quantitative estimate of drug-likeness (QED) is 0.788. The van der Waals surface area contributed by atoms with E-state index in [0.29, 0.717) is 0 Å². The van der Waals surface area contributed by atoms with Crippen molar-refractivity contribution in [1.82, 2.24) is 19.5 Å². The molecule has 0 radical (unpaired) electrons. The number of hydrogen-bond donors (Lipinski definition) is 1. The van der Waals surface area contributed by atoms with Crippen LogP contribution in [0.15, 0.2) is 30.7 Å². The zero-order valence-corrected chi connectivity index (χ0v) is 12.4. The van der Waals surface area contributed by atoms with E-state index < -0.39 is 0 Å². The molecule has 3 aromatic heterocycles. The second kappa shape index (κ2) is 4.47. The second-order valence-corrected chi connectivity index (χ2v) is 5.90. The van der Waals surface area contributed by atoms with E-state index in [2.05, 4.69) is 54.6 Å². The van der Waals surface area contributed by atoms with Crippen LogP contribution in [0, 0.1) is 0 Å². The highest BCUT2D eigenvalue weighted by Gasteiger charge is 2.24. The molecule has 20 heavy (non-hydrogen) atoms. The average Bonchev–Trinajstić information content (AvgIpc) is 3.04. The second-order valence-electron chi connectivity index (χ2n) is 5.90. The topological polar surface area (TPSA) is 46.5 Å². The Labute approximate surface area is 118 Å². The molecule has 3 aromatic rings. The molecule has 0 spiro atoms. The Balaban J connectivity index is 2.17. The summed E-state index contributed by atoms with van der Waals surface area (Å²) in [6, 6.07) is 4.08. The fourth-order valence-electron chi connectivity index (χ4n) is 2.57. The SMILES string of the molecule is CCC(C)(C)c1nc(-c2ccnc3[nH]ccc23)cn1C. The minimum absolute atomic E-state index is 0.0806. The molecule has 0 aliphatic rings. The van der Waals surface area contributed by atoms with E-state index in [-0.39, 0.29) is 5.41 Å². The fourth-order valence-corrected chi connectivity index (χ4v) is 2.57. The van der Waals surface area contributed by atoms with Gasteiger partial charge >= 0.3 is 0 Å². The molecule has 0 amide bonds. The van der Waals surface area contributed by atoms with Crippen LogP contribution in [0.5, 0.6) is 0 Å².